The summed E-state index contributed by atoms with van der Waals surface area (Å²) in [5, 5.41) is 16.8. The van der Waals surface area contributed by atoms with Gasteiger partial charge in [-0.15, -0.1) is 5.10 Å². The second kappa shape index (κ2) is 8.12. The fourth-order valence-corrected chi connectivity index (χ4v) is 5.31. The Morgan fingerprint density at radius 3 is 2.53 bits per heavy atom. The van der Waals surface area contributed by atoms with E-state index >= 15 is 0 Å². The normalized spacial score (nSPS) is 18.8. The lowest BCUT2D eigenvalue weighted by molar-refractivity contribution is 0.0444. The first kappa shape index (κ1) is 19.6. The van der Waals surface area contributed by atoms with Crippen LogP contribution < -0.4 is 0 Å². The minimum Gasteiger partial charge on any atom is -0.393 e. The van der Waals surface area contributed by atoms with Gasteiger partial charge in [-0.1, -0.05) is 30.3 Å². The molecule has 6 rings (SSSR count). The van der Waals surface area contributed by atoms with Crippen molar-refractivity contribution >= 4 is 11.8 Å². The molecule has 32 heavy (non-hydrogen) atoms. The van der Waals surface area contributed by atoms with Gasteiger partial charge in [-0.05, 0) is 48.4 Å². The van der Waals surface area contributed by atoms with Crippen LogP contribution in [0.2, 0.25) is 0 Å². The molecule has 5 heterocycles. The van der Waals surface area contributed by atoms with Gasteiger partial charge in [0.25, 0.3) is 0 Å². The molecule has 3 aromatic heterocycles. The number of aliphatic hydroxyl groups excluding tert-OH is 1. The molecule has 7 nitrogen and oxygen atoms in total. The van der Waals surface area contributed by atoms with Crippen LogP contribution in [0.15, 0.2) is 77.3 Å². The van der Waals surface area contributed by atoms with Crippen LogP contribution in [-0.2, 0) is 0 Å². The highest BCUT2D eigenvalue weighted by Crippen LogP contribution is 2.43. The quantitative estimate of drug-likeness (QED) is 0.516. The predicted molar refractivity (Wildman–Crippen MR) is 122 cm³/mol. The minimum absolute atomic E-state index is 0.108. The molecule has 0 radical (unpaired) electrons. The van der Waals surface area contributed by atoms with E-state index in [1.54, 1.807) is 24.2 Å². The molecular formula is C24H22N6OS. The number of rotatable bonds is 3. The topological polar surface area (TPSA) is 80.0 Å². The molecule has 4 aromatic rings. The Morgan fingerprint density at radius 2 is 1.75 bits per heavy atom. The standard InChI is InChI=1S/C24H22N6OS/c31-19-8-11-29(12-9-19)23-20-13-18(16-5-2-1-3-6-16)15-26-22(20)32-24-27-21(28-30(23)24)17-7-4-10-25-14-17/h1-7,10,13-15,19,23,31H,8-9,11-12H2/t23-/m0/s1. The molecule has 0 bridgehead atoms. The largest absolute Gasteiger partial charge is 0.393 e. The van der Waals surface area contributed by atoms with Crippen molar-refractivity contribution in [3.8, 4) is 22.5 Å². The van der Waals surface area contributed by atoms with Crippen LogP contribution in [0.3, 0.4) is 0 Å². The zero-order valence-corrected chi connectivity index (χ0v) is 18.2. The molecule has 1 aromatic carbocycles. The van der Waals surface area contributed by atoms with Crippen LogP contribution >= 0.6 is 11.8 Å². The Bertz CT molecular complexity index is 1240. The number of piperidine rings is 1. The summed E-state index contributed by atoms with van der Waals surface area (Å²) in [7, 11) is 0. The fourth-order valence-electron chi connectivity index (χ4n) is 4.38. The number of aromatic nitrogens is 5. The van der Waals surface area contributed by atoms with Crippen LogP contribution in [0.25, 0.3) is 22.5 Å². The highest BCUT2D eigenvalue weighted by atomic mass is 32.2. The van der Waals surface area contributed by atoms with Gasteiger partial charge >= 0.3 is 0 Å². The molecule has 0 amide bonds. The smallest absolute Gasteiger partial charge is 0.194 e. The maximum atomic E-state index is 10.1. The summed E-state index contributed by atoms with van der Waals surface area (Å²) >= 11 is 1.55. The molecule has 1 fully saturated rings. The Morgan fingerprint density at radius 1 is 0.938 bits per heavy atom. The number of hydrogen-bond donors (Lipinski definition) is 1. The molecule has 0 aliphatic carbocycles. The van der Waals surface area contributed by atoms with Gasteiger partial charge in [0, 0.05) is 48.4 Å². The van der Waals surface area contributed by atoms with Gasteiger partial charge in [0.1, 0.15) is 11.2 Å². The Hall–Kier alpha value is -3.07. The van der Waals surface area contributed by atoms with Crippen LogP contribution in [0, 0.1) is 0 Å². The summed E-state index contributed by atoms with van der Waals surface area (Å²) in [5.74, 6) is 0.665. The molecule has 8 heteroatoms. The zero-order chi connectivity index (χ0) is 21.5. The molecule has 160 valence electrons. The van der Waals surface area contributed by atoms with Crippen LogP contribution in [0.1, 0.15) is 24.6 Å². The molecule has 1 atom stereocenters. The van der Waals surface area contributed by atoms with Gasteiger partial charge in [-0.2, -0.15) is 0 Å². The first-order chi connectivity index (χ1) is 15.8. The number of likely N-dealkylation sites (tertiary alicyclic amines) is 1. The second-order valence-corrected chi connectivity index (χ2v) is 9.09. The van der Waals surface area contributed by atoms with Crippen LogP contribution in [-0.4, -0.2) is 53.9 Å². The van der Waals surface area contributed by atoms with Gasteiger partial charge in [0.05, 0.1) is 6.10 Å². The number of nitrogens with zero attached hydrogens (tertiary/aromatic N) is 6. The molecule has 0 saturated carbocycles. The van der Waals surface area contributed by atoms with E-state index in [9.17, 15) is 5.11 Å². The molecule has 0 unspecified atom stereocenters. The third kappa shape index (κ3) is 3.50. The number of hydrogen-bond acceptors (Lipinski definition) is 7. The van der Waals surface area contributed by atoms with Crippen molar-refractivity contribution in [2.45, 2.75) is 35.3 Å². The average molecular weight is 443 g/mol. The maximum absolute atomic E-state index is 10.1. The summed E-state index contributed by atoms with van der Waals surface area (Å²) in [6, 6.07) is 16.4. The molecule has 2 aliphatic rings. The SMILES string of the molecule is OC1CCN([C@@H]2c3cc(-c4ccccc4)cnc3Sc3nc(-c4cccnc4)nn32)CC1. The van der Waals surface area contributed by atoms with Crippen molar-refractivity contribution in [3.05, 3.63) is 72.7 Å². The summed E-state index contributed by atoms with van der Waals surface area (Å²) < 4.78 is 2.02. The summed E-state index contributed by atoms with van der Waals surface area (Å²) in [4.78, 5) is 16.3. The van der Waals surface area contributed by atoms with Gasteiger partial charge in [0.15, 0.2) is 11.0 Å². The fraction of sp³-hybridized carbons (Fsp3) is 0.250. The lowest BCUT2D eigenvalue weighted by Gasteiger charge is -2.38. The molecular weight excluding hydrogens is 420 g/mol. The third-order valence-corrected chi connectivity index (χ3v) is 7.04. The molecule has 0 spiro atoms. The highest BCUT2D eigenvalue weighted by molar-refractivity contribution is 7.99. The van der Waals surface area contributed by atoms with Crippen molar-refractivity contribution in [2.75, 3.05) is 13.1 Å². The van der Waals surface area contributed by atoms with E-state index in [2.05, 4.69) is 28.1 Å². The maximum Gasteiger partial charge on any atom is 0.194 e. The second-order valence-electron chi connectivity index (χ2n) is 8.13. The van der Waals surface area contributed by atoms with Gasteiger partial charge < -0.3 is 5.11 Å². The van der Waals surface area contributed by atoms with E-state index in [1.165, 1.54) is 0 Å². The van der Waals surface area contributed by atoms with Crippen molar-refractivity contribution in [3.63, 3.8) is 0 Å². The summed E-state index contributed by atoms with van der Waals surface area (Å²) in [6.07, 6.45) is 6.64. The van der Waals surface area contributed by atoms with Crippen LogP contribution in [0.4, 0.5) is 0 Å². The number of aliphatic hydroxyl groups is 1. The first-order valence-electron chi connectivity index (χ1n) is 10.8. The van der Waals surface area contributed by atoms with E-state index in [-0.39, 0.29) is 12.3 Å². The Labute approximate surface area is 190 Å². The lowest BCUT2D eigenvalue weighted by Crippen LogP contribution is -2.42. The van der Waals surface area contributed by atoms with E-state index in [0.717, 1.165) is 58.4 Å². The predicted octanol–water partition coefficient (Wildman–Crippen LogP) is 3.87. The van der Waals surface area contributed by atoms with E-state index in [1.807, 2.05) is 41.2 Å². The number of pyridine rings is 2. The molecule has 1 N–H and O–H groups in total. The summed E-state index contributed by atoms with van der Waals surface area (Å²) in [6.45, 7) is 1.60. The van der Waals surface area contributed by atoms with Crippen molar-refractivity contribution in [1.82, 2.24) is 29.6 Å². The monoisotopic (exact) mass is 442 g/mol. The van der Waals surface area contributed by atoms with Gasteiger partial charge in [-0.25, -0.2) is 14.6 Å². The lowest BCUT2D eigenvalue weighted by atomic mass is 10.0. The van der Waals surface area contributed by atoms with Crippen molar-refractivity contribution in [2.24, 2.45) is 0 Å². The number of fused-ring (bicyclic) bond motifs is 2. The van der Waals surface area contributed by atoms with Crippen molar-refractivity contribution in [1.29, 1.82) is 0 Å². The zero-order valence-electron chi connectivity index (χ0n) is 17.4. The molecule has 1 saturated heterocycles. The van der Waals surface area contributed by atoms with E-state index in [4.69, 9.17) is 15.1 Å². The van der Waals surface area contributed by atoms with Crippen molar-refractivity contribution < 1.29 is 5.11 Å². The van der Waals surface area contributed by atoms with Gasteiger partial charge in [-0.3, -0.25) is 9.88 Å². The van der Waals surface area contributed by atoms with Gasteiger partial charge in [0.2, 0.25) is 0 Å². The molecule has 2 aliphatic heterocycles. The Kier molecular flexibility index (Phi) is 4.98. The third-order valence-electron chi connectivity index (χ3n) is 6.05. The first-order valence-corrected chi connectivity index (χ1v) is 11.6. The minimum atomic E-state index is -0.237. The average Bonchev–Trinajstić information content (AvgIpc) is 3.28. The van der Waals surface area contributed by atoms with Crippen LogP contribution in [0.5, 0.6) is 0 Å². The van der Waals surface area contributed by atoms with E-state index < -0.39 is 0 Å². The number of benzene rings is 1. The van der Waals surface area contributed by atoms with E-state index in [0.29, 0.717) is 5.82 Å². The summed E-state index contributed by atoms with van der Waals surface area (Å²) in [5.41, 5.74) is 4.25. The highest BCUT2D eigenvalue weighted by Gasteiger charge is 2.36. The Balaban J connectivity index is 1.46.